The minimum absolute atomic E-state index is 0.0190. The molecule has 0 saturated heterocycles. The summed E-state index contributed by atoms with van der Waals surface area (Å²) in [6, 6.07) is 0.393. The van der Waals surface area contributed by atoms with E-state index < -0.39 is 0 Å². The SMILES string of the molecule is O=C(NCCc1nnc2n1CCC2)N[C@@H]1C[C@@H]1C1CCCCC1. The molecule has 6 heteroatoms. The van der Waals surface area contributed by atoms with Crippen molar-refractivity contribution in [1.82, 2.24) is 25.4 Å². The predicted molar refractivity (Wildman–Crippen MR) is 87.1 cm³/mol. The number of amides is 2. The van der Waals surface area contributed by atoms with Gasteiger partial charge in [0.25, 0.3) is 0 Å². The Hall–Kier alpha value is -1.59. The zero-order valence-corrected chi connectivity index (χ0v) is 13.8. The molecule has 2 heterocycles. The van der Waals surface area contributed by atoms with E-state index in [4.69, 9.17) is 0 Å². The van der Waals surface area contributed by atoms with E-state index in [-0.39, 0.29) is 6.03 Å². The molecular formula is C17H27N5O. The number of hydrogen-bond acceptors (Lipinski definition) is 3. The Morgan fingerprint density at radius 3 is 2.91 bits per heavy atom. The molecule has 0 radical (unpaired) electrons. The van der Waals surface area contributed by atoms with Gasteiger partial charge in [-0.25, -0.2) is 4.79 Å². The Labute approximate surface area is 137 Å². The second-order valence-corrected chi connectivity index (χ2v) is 7.34. The number of nitrogens with one attached hydrogen (secondary N) is 2. The van der Waals surface area contributed by atoms with E-state index in [9.17, 15) is 4.79 Å². The fourth-order valence-corrected chi connectivity index (χ4v) is 4.37. The molecule has 23 heavy (non-hydrogen) atoms. The molecule has 126 valence electrons. The van der Waals surface area contributed by atoms with Crippen LogP contribution < -0.4 is 10.6 Å². The van der Waals surface area contributed by atoms with Gasteiger partial charge in [-0.05, 0) is 24.7 Å². The molecule has 6 nitrogen and oxygen atoms in total. The van der Waals surface area contributed by atoms with E-state index >= 15 is 0 Å². The Bertz CT molecular complexity index is 563. The highest BCUT2D eigenvalue weighted by Gasteiger charge is 2.43. The Balaban J connectivity index is 1.16. The van der Waals surface area contributed by atoms with Crippen LogP contribution in [0.1, 0.15) is 56.6 Å². The molecule has 0 bridgehead atoms. The molecule has 1 aliphatic heterocycles. The van der Waals surface area contributed by atoms with Gasteiger partial charge in [0.05, 0.1) is 0 Å². The van der Waals surface area contributed by atoms with Crippen molar-refractivity contribution >= 4 is 6.03 Å². The van der Waals surface area contributed by atoms with E-state index in [1.165, 1.54) is 38.5 Å². The lowest BCUT2D eigenvalue weighted by molar-refractivity contribution is 0.238. The maximum absolute atomic E-state index is 12.0. The van der Waals surface area contributed by atoms with E-state index in [1.54, 1.807) is 0 Å². The number of urea groups is 1. The zero-order chi connectivity index (χ0) is 15.6. The number of carbonyl (C=O) groups is 1. The van der Waals surface area contributed by atoms with Gasteiger partial charge >= 0.3 is 6.03 Å². The second-order valence-electron chi connectivity index (χ2n) is 7.34. The summed E-state index contributed by atoms with van der Waals surface area (Å²) in [5.41, 5.74) is 0. The molecule has 3 aliphatic rings. The van der Waals surface area contributed by atoms with E-state index in [0.717, 1.165) is 49.3 Å². The summed E-state index contributed by atoms with van der Waals surface area (Å²) in [5, 5.41) is 14.5. The average molecular weight is 317 g/mol. The first-order valence-electron chi connectivity index (χ1n) is 9.26. The van der Waals surface area contributed by atoms with Crippen molar-refractivity contribution in [3.05, 3.63) is 11.6 Å². The smallest absolute Gasteiger partial charge is 0.315 e. The largest absolute Gasteiger partial charge is 0.338 e. The fraction of sp³-hybridized carbons (Fsp3) is 0.824. The van der Waals surface area contributed by atoms with Crippen molar-refractivity contribution in [3.8, 4) is 0 Å². The highest BCUT2D eigenvalue weighted by atomic mass is 16.2. The minimum Gasteiger partial charge on any atom is -0.338 e. The van der Waals surface area contributed by atoms with Gasteiger partial charge in [0.15, 0.2) is 0 Å². The first-order valence-corrected chi connectivity index (χ1v) is 9.26. The van der Waals surface area contributed by atoms with Crippen LogP contribution in [0.4, 0.5) is 4.79 Å². The predicted octanol–water partition coefficient (Wildman–Crippen LogP) is 2.03. The fourth-order valence-electron chi connectivity index (χ4n) is 4.37. The van der Waals surface area contributed by atoms with Crippen molar-refractivity contribution in [2.75, 3.05) is 6.54 Å². The maximum Gasteiger partial charge on any atom is 0.315 e. The van der Waals surface area contributed by atoms with E-state index in [1.807, 2.05) is 0 Å². The standard InChI is InChI=1S/C17H27N5O/c23-17(19-14-11-13(14)12-5-2-1-3-6-12)18-9-8-16-21-20-15-7-4-10-22(15)16/h12-14H,1-11H2,(H2,18,19,23)/t13-,14-/m1/s1. The van der Waals surface area contributed by atoms with Gasteiger partial charge in [-0.2, -0.15) is 0 Å². The highest BCUT2D eigenvalue weighted by Crippen LogP contribution is 2.44. The van der Waals surface area contributed by atoms with E-state index in [2.05, 4.69) is 25.4 Å². The minimum atomic E-state index is -0.0190. The molecule has 2 aliphatic carbocycles. The maximum atomic E-state index is 12.0. The summed E-state index contributed by atoms with van der Waals surface area (Å²) in [4.78, 5) is 12.0. The van der Waals surface area contributed by atoms with Crippen molar-refractivity contribution < 1.29 is 4.79 Å². The Morgan fingerprint density at radius 1 is 1.17 bits per heavy atom. The number of fused-ring (bicyclic) bond motifs is 1. The number of aryl methyl sites for hydroxylation is 1. The van der Waals surface area contributed by atoms with Crippen LogP contribution in [0, 0.1) is 11.8 Å². The molecule has 0 unspecified atom stereocenters. The summed E-state index contributed by atoms with van der Waals surface area (Å²) in [5.74, 6) is 3.69. The molecule has 2 atom stereocenters. The van der Waals surface area contributed by atoms with Crippen molar-refractivity contribution in [1.29, 1.82) is 0 Å². The van der Waals surface area contributed by atoms with Crippen LogP contribution in [-0.4, -0.2) is 33.4 Å². The molecule has 0 aromatic carbocycles. The third kappa shape index (κ3) is 3.35. The van der Waals surface area contributed by atoms with Gasteiger partial charge in [0, 0.05) is 32.0 Å². The van der Waals surface area contributed by atoms with Gasteiger partial charge < -0.3 is 15.2 Å². The monoisotopic (exact) mass is 317 g/mol. The van der Waals surface area contributed by atoms with Gasteiger partial charge in [0.1, 0.15) is 11.6 Å². The highest BCUT2D eigenvalue weighted by molar-refractivity contribution is 5.74. The molecule has 2 amide bonds. The molecule has 1 aromatic heterocycles. The van der Waals surface area contributed by atoms with Gasteiger partial charge in [-0.1, -0.05) is 32.1 Å². The molecule has 4 rings (SSSR count). The van der Waals surface area contributed by atoms with Crippen LogP contribution in [0.2, 0.25) is 0 Å². The lowest BCUT2D eigenvalue weighted by atomic mass is 9.85. The first kappa shape index (κ1) is 15.0. The summed E-state index contributed by atoms with van der Waals surface area (Å²) >= 11 is 0. The third-order valence-corrected chi connectivity index (χ3v) is 5.73. The molecule has 2 N–H and O–H groups in total. The summed E-state index contributed by atoms with van der Waals surface area (Å²) in [6.45, 7) is 1.65. The summed E-state index contributed by atoms with van der Waals surface area (Å²) in [6.07, 6.45) is 11.0. The van der Waals surface area contributed by atoms with Crippen molar-refractivity contribution in [2.45, 2.75) is 70.4 Å². The van der Waals surface area contributed by atoms with Gasteiger partial charge in [-0.3, -0.25) is 0 Å². The van der Waals surface area contributed by atoms with E-state index in [0.29, 0.717) is 12.6 Å². The normalized spacial score (nSPS) is 26.8. The lowest BCUT2D eigenvalue weighted by Gasteiger charge is -2.21. The van der Waals surface area contributed by atoms with Crippen LogP contribution in [0.25, 0.3) is 0 Å². The third-order valence-electron chi connectivity index (χ3n) is 5.73. The number of aromatic nitrogens is 3. The first-order chi connectivity index (χ1) is 11.3. The number of nitrogens with zero attached hydrogens (tertiary/aromatic N) is 3. The molecule has 2 saturated carbocycles. The lowest BCUT2D eigenvalue weighted by Crippen LogP contribution is -2.39. The van der Waals surface area contributed by atoms with Gasteiger partial charge in [-0.15, -0.1) is 10.2 Å². The van der Waals surface area contributed by atoms with Crippen LogP contribution >= 0.6 is 0 Å². The Kier molecular flexibility index (Phi) is 4.23. The summed E-state index contributed by atoms with van der Waals surface area (Å²) in [7, 11) is 0. The quantitative estimate of drug-likeness (QED) is 0.873. The zero-order valence-electron chi connectivity index (χ0n) is 13.8. The van der Waals surface area contributed by atoms with Crippen LogP contribution in [0.3, 0.4) is 0 Å². The number of rotatable bonds is 5. The molecule has 1 aromatic rings. The average Bonchev–Trinajstić information content (AvgIpc) is 2.99. The number of carbonyl (C=O) groups excluding carboxylic acids is 1. The summed E-state index contributed by atoms with van der Waals surface area (Å²) < 4.78 is 2.19. The molecule has 2 fully saturated rings. The second kappa shape index (κ2) is 6.49. The topological polar surface area (TPSA) is 71.8 Å². The molecular weight excluding hydrogens is 290 g/mol. The van der Waals surface area contributed by atoms with Crippen LogP contribution in [-0.2, 0) is 19.4 Å². The van der Waals surface area contributed by atoms with Crippen molar-refractivity contribution in [2.24, 2.45) is 11.8 Å². The van der Waals surface area contributed by atoms with Crippen molar-refractivity contribution in [3.63, 3.8) is 0 Å². The van der Waals surface area contributed by atoms with Crippen LogP contribution in [0.5, 0.6) is 0 Å². The van der Waals surface area contributed by atoms with Gasteiger partial charge in [0.2, 0.25) is 0 Å². The Morgan fingerprint density at radius 2 is 2.04 bits per heavy atom. The molecule has 0 spiro atoms. The number of hydrogen-bond donors (Lipinski definition) is 2. The van der Waals surface area contributed by atoms with Crippen LogP contribution in [0.15, 0.2) is 0 Å².